The number of nitrogens with one attached hydrogen (secondary N) is 1. The van der Waals surface area contributed by atoms with Gasteiger partial charge in [0.15, 0.2) is 0 Å². The summed E-state index contributed by atoms with van der Waals surface area (Å²) < 4.78 is 0. The van der Waals surface area contributed by atoms with Gasteiger partial charge in [-0.2, -0.15) is 0 Å². The number of hydrogen-bond acceptors (Lipinski definition) is 2. The van der Waals surface area contributed by atoms with Crippen molar-refractivity contribution in [3.05, 3.63) is 35.4 Å². The highest BCUT2D eigenvalue weighted by Gasteiger charge is 2.22. The van der Waals surface area contributed by atoms with E-state index in [0.29, 0.717) is 5.56 Å². The van der Waals surface area contributed by atoms with Crippen LogP contribution in [0.25, 0.3) is 0 Å². The summed E-state index contributed by atoms with van der Waals surface area (Å²) in [5.41, 5.74) is 1.67. The molecule has 0 heterocycles. The van der Waals surface area contributed by atoms with Crippen molar-refractivity contribution in [1.82, 2.24) is 5.32 Å². The second kappa shape index (κ2) is 5.78. The number of Topliss-reactive ketones (excluding diaryl/α,β-unsaturated/α-hetero) is 1. The van der Waals surface area contributed by atoms with Gasteiger partial charge in [-0.05, 0) is 23.8 Å². The maximum atomic E-state index is 12.1. The number of amides is 1. The molecule has 3 heteroatoms. The lowest BCUT2D eigenvalue weighted by Gasteiger charge is -2.19. The van der Waals surface area contributed by atoms with Crippen molar-refractivity contribution in [3.63, 3.8) is 0 Å². The molecule has 1 aliphatic rings. The summed E-state index contributed by atoms with van der Waals surface area (Å²) in [5.74, 6) is -0.905. The predicted octanol–water partition coefficient (Wildman–Crippen LogP) is 3.23. The molecule has 0 bridgehead atoms. The second-order valence-electron chi connectivity index (χ2n) is 6.61. The Morgan fingerprint density at radius 3 is 2.10 bits per heavy atom. The van der Waals surface area contributed by atoms with Crippen LogP contribution in [0.3, 0.4) is 0 Å². The molecule has 0 atom stereocenters. The Balaban J connectivity index is 2.03. The van der Waals surface area contributed by atoms with E-state index in [1.54, 1.807) is 12.1 Å². The Hall–Kier alpha value is -1.64. The minimum atomic E-state index is -0.472. The minimum Gasteiger partial charge on any atom is -0.346 e. The fourth-order valence-electron chi connectivity index (χ4n) is 2.57. The van der Waals surface area contributed by atoms with Crippen molar-refractivity contribution in [2.45, 2.75) is 57.9 Å². The van der Waals surface area contributed by atoms with Gasteiger partial charge in [0.2, 0.25) is 5.78 Å². The fraction of sp³-hybridized carbons (Fsp3) is 0.529. The zero-order valence-corrected chi connectivity index (χ0v) is 12.5. The number of ketones is 1. The highest BCUT2D eigenvalue weighted by molar-refractivity contribution is 6.42. The molecule has 0 spiro atoms. The maximum absolute atomic E-state index is 12.1. The van der Waals surface area contributed by atoms with Gasteiger partial charge in [0.25, 0.3) is 5.91 Å². The quantitative estimate of drug-likeness (QED) is 0.679. The van der Waals surface area contributed by atoms with Gasteiger partial charge < -0.3 is 5.32 Å². The molecule has 0 aliphatic heterocycles. The molecule has 2 rings (SSSR count). The zero-order valence-electron chi connectivity index (χ0n) is 12.5. The SMILES string of the molecule is CC(C)(C)c1ccc(C(=O)C(=O)NC2CCCC2)cc1. The maximum Gasteiger partial charge on any atom is 0.292 e. The van der Waals surface area contributed by atoms with Crippen LogP contribution < -0.4 is 5.32 Å². The van der Waals surface area contributed by atoms with Crippen LogP contribution in [0.15, 0.2) is 24.3 Å². The number of benzene rings is 1. The van der Waals surface area contributed by atoms with Crippen LogP contribution >= 0.6 is 0 Å². The monoisotopic (exact) mass is 273 g/mol. The van der Waals surface area contributed by atoms with Crippen molar-refractivity contribution in [1.29, 1.82) is 0 Å². The molecule has 0 radical (unpaired) electrons. The Morgan fingerprint density at radius 1 is 1.05 bits per heavy atom. The second-order valence-corrected chi connectivity index (χ2v) is 6.61. The van der Waals surface area contributed by atoms with Crippen molar-refractivity contribution in [2.24, 2.45) is 0 Å². The average Bonchev–Trinajstić information content (AvgIpc) is 2.90. The van der Waals surface area contributed by atoms with Gasteiger partial charge >= 0.3 is 0 Å². The van der Waals surface area contributed by atoms with Crippen molar-refractivity contribution in [2.75, 3.05) is 0 Å². The number of carbonyl (C=O) groups excluding carboxylic acids is 2. The van der Waals surface area contributed by atoms with Crippen LogP contribution in [0.4, 0.5) is 0 Å². The topological polar surface area (TPSA) is 46.2 Å². The van der Waals surface area contributed by atoms with Gasteiger partial charge in [-0.25, -0.2) is 0 Å². The molecular formula is C17H23NO2. The Morgan fingerprint density at radius 2 is 1.60 bits per heavy atom. The first-order valence-corrected chi connectivity index (χ1v) is 7.33. The van der Waals surface area contributed by atoms with Gasteiger partial charge in [-0.3, -0.25) is 9.59 Å². The fourth-order valence-corrected chi connectivity index (χ4v) is 2.57. The molecule has 1 amide bonds. The van der Waals surface area contributed by atoms with E-state index in [-0.39, 0.29) is 11.5 Å². The van der Waals surface area contributed by atoms with E-state index in [9.17, 15) is 9.59 Å². The van der Waals surface area contributed by atoms with Crippen molar-refractivity contribution in [3.8, 4) is 0 Å². The van der Waals surface area contributed by atoms with E-state index in [1.807, 2.05) is 12.1 Å². The number of carbonyl (C=O) groups is 2. The van der Waals surface area contributed by atoms with Gasteiger partial charge in [-0.1, -0.05) is 57.9 Å². The molecule has 0 saturated heterocycles. The first-order chi connectivity index (χ1) is 9.38. The van der Waals surface area contributed by atoms with Gasteiger partial charge in [0.1, 0.15) is 0 Å². The molecule has 0 unspecified atom stereocenters. The normalized spacial score (nSPS) is 16.1. The smallest absolute Gasteiger partial charge is 0.292 e. The lowest BCUT2D eigenvalue weighted by Crippen LogP contribution is -2.37. The van der Waals surface area contributed by atoms with E-state index in [4.69, 9.17) is 0 Å². The molecule has 1 aromatic carbocycles. The summed E-state index contributed by atoms with van der Waals surface area (Å²) in [7, 11) is 0. The van der Waals surface area contributed by atoms with Crippen LogP contribution in [-0.4, -0.2) is 17.7 Å². The zero-order chi connectivity index (χ0) is 14.8. The Labute approximate surface area is 120 Å². The molecule has 108 valence electrons. The molecule has 1 aromatic rings. The first kappa shape index (κ1) is 14.8. The minimum absolute atomic E-state index is 0.0493. The van der Waals surface area contributed by atoms with E-state index in [1.165, 1.54) is 0 Å². The van der Waals surface area contributed by atoms with Crippen LogP contribution in [0, 0.1) is 0 Å². The van der Waals surface area contributed by atoms with E-state index in [0.717, 1.165) is 31.2 Å². The third-order valence-electron chi connectivity index (χ3n) is 3.91. The molecule has 1 aliphatic carbocycles. The average molecular weight is 273 g/mol. The van der Waals surface area contributed by atoms with E-state index >= 15 is 0 Å². The van der Waals surface area contributed by atoms with E-state index in [2.05, 4.69) is 26.1 Å². The Kier molecular flexibility index (Phi) is 4.26. The lowest BCUT2D eigenvalue weighted by molar-refractivity contribution is -0.117. The summed E-state index contributed by atoms with van der Waals surface area (Å²) >= 11 is 0. The molecule has 1 fully saturated rings. The largest absolute Gasteiger partial charge is 0.346 e. The third-order valence-corrected chi connectivity index (χ3v) is 3.91. The van der Waals surface area contributed by atoms with Crippen LogP contribution in [0.2, 0.25) is 0 Å². The molecule has 1 saturated carbocycles. The van der Waals surface area contributed by atoms with E-state index < -0.39 is 11.7 Å². The van der Waals surface area contributed by atoms with Gasteiger partial charge in [-0.15, -0.1) is 0 Å². The van der Waals surface area contributed by atoms with Crippen LogP contribution in [0.5, 0.6) is 0 Å². The van der Waals surface area contributed by atoms with Gasteiger partial charge in [0, 0.05) is 11.6 Å². The Bertz CT molecular complexity index is 491. The molecule has 1 N–H and O–H groups in total. The molecule has 20 heavy (non-hydrogen) atoms. The van der Waals surface area contributed by atoms with Crippen LogP contribution in [0.1, 0.15) is 62.4 Å². The third kappa shape index (κ3) is 3.47. The summed E-state index contributed by atoms with van der Waals surface area (Å²) in [6, 6.07) is 7.53. The highest BCUT2D eigenvalue weighted by Crippen LogP contribution is 2.22. The van der Waals surface area contributed by atoms with Crippen molar-refractivity contribution >= 4 is 11.7 Å². The first-order valence-electron chi connectivity index (χ1n) is 7.33. The molecule has 0 aromatic heterocycles. The van der Waals surface area contributed by atoms with Gasteiger partial charge in [0.05, 0.1) is 0 Å². The summed E-state index contributed by atoms with van der Waals surface area (Å²) in [5, 5.41) is 2.83. The number of hydrogen-bond donors (Lipinski definition) is 1. The number of rotatable bonds is 3. The summed E-state index contributed by atoms with van der Waals surface area (Å²) in [4.78, 5) is 24.0. The molecular weight excluding hydrogens is 250 g/mol. The summed E-state index contributed by atoms with van der Waals surface area (Å²) in [6.07, 6.45) is 4.25. The van der Waals surface area contributed by atoms with Crippen LogP contribution in [-0.2, 0) is 10.2 Å². The highest BCUT2D eigenvalue weighted by atomic mass is 16.2. The van der Waals surface area contributed by atoms with Crippen molar-refractivity contribution < 1.29 is 9.59 Å². The summed E-state index contributed by atoms with van der Waals surface area (Å²) in [6.45, 7) is 6.36. The standard InChI is InChI=1S/C17H23NO2/c1-17(2,3)13-10-8-12(9-11-13)15(19)16(20)18-14-6-4-5-7-14/h8-11,14H,4-7H2,1-3H3,(H,18,20). The lowest BCUT2D eigenvalue weighted by atomic mass is 9.86. The predicted molar refractivity (Wildman–Crippen MR) is 79.9 cm³/mol. The molecule has 3 nitrogen and oxygen atoms in total.